The highest BCUT2D eigenvalue weighted by Gasteiger charge is 2.47. The third kappa shape index (κ3) is 3.40. The lowest BCUT2D eigenvalue weighted by Gasteiger charge is -2.34. The van der Waals surface area contributed by atoms with E-state index in [-0.39, 0.29) is 18.0 Å². The van der Waals surface area contributed by atoms with E-state index in [1.54, 1.807) is 24.7 Å². The Hall–Kier alpha value is -3.35. The highest BCUT2D eigenvalue weighted by Crippen LogP contribution is 2.40. The molecule has 3 unspecified atom stereocenters. The topological polar surface area (TPSA) is 83.9 Å². The number of piperidine rings is 1. The van der Waals surface area contributed by atoms with Gasteiger partial charge in [0.25, 0.3) is 5.91 Å². The Kier molecular flexibility index (Phi) is 4.65. The Bertz CT molecular complexity index is 1070. The van der Waals surface area contributed by atoms with Crippen molar-refractivity contribution >= 4 is 11.7 Å². The fraction of sp³-hybridized carbons (Fsp3) is 0.348. The zero-order valence-corrected chi connectivity index (χ0v) is 17.1. The number of carbonyl (C=O) groups is 1. The van der Waals surface area contributed by atoms with Crippen molar-refractivity contribution in [2.45, 2.75) is 38.8 Å². The second-order valence-electron chi connectivity index (χ2n) is 8.32. The van der Waals surface area contributed by atoms with Crippen molar-refractivity contribution in [3.63, 3.8) is 0 Å². The molecule has 1 N–H and O–H groups in total. The van der Waals surface area contributed by atoms with E-state index in [0.29, 0.717) is 23.0 Å². The van der Waals surface area contributed by atoms with Gasteiger partial charge in [-0.05, 0) is 61.9 Å². The molecule has 2 aliphatic rings. The van der Waals surface area contributed by atoms with Crippen molar-refractivity contribution in [2.24, 2.45) is 5.92 Å². The zero-order valence-electron chi connectivity index (χ0n) is 17.1. The molecule has 1 amide bonds. The minimum absolute atomic E-state index is 0.00418. The van der Waals surface area contributed by atoms with Gasteiger partial charge in [-0.15, -0.1) is 0 Å². The number of nitrogens with zero attached hydrogens (tertiary/aromatic N) is 5. The van der Waals surface area contributed by atoms with Crippen LogP contribution in [0, 0.1) is 19.8 Å². The van der Waals surface area contributed by atoms with Crippen LogP contribution in [0.1, 0.15) is 34.3 Å². The normalized spacial score (nSPS) is 22.3. The molecule has 5 rings (SSSR count). The van der Waals surface area contributed by atoms with Crippen molar-refractivity contribution in [1.29, 1.82) is 0 Å². The summed E-state index contributed by atoms with van der Waals surface area (Å²) in [5, 5.41) is 3.55. The minimum atomic E-state index is 0.00418. The number of nitrogens with one attached hydrogen (secondary N) is 1. The standard InChI is InChI=1S/C23H24N6O/c1-14-4-5-20(26-11-14)28-18-9-16-10-19(18)29(13-16)23(30)17-8-15(2)12-27-21(17)22-24-6-3-7-25-22/h3-8,11-12,16,18-19H,9-10,13H2,1-2H3,(H,26,28). The number of carbonyl (C=O) groups excluding carboxylic acids is 1. The summed E-state index contributed by atoms with van der Waals surface area (Å²) >= 11 is 0. The van der Waals surface area contributed by atoms with E-state index < -0.39 is 0 Å². The largest absolute Gasteiger partial charge is 0.365 e. The van der Waals surface area contributed by atoms with Gasteiger partial charge < -0.3 is 10.2 Å². The highest BCUT2D eigenvalue weighted by molar-refractivity contribution is 5.99. The Morgan fingerprint density at radius 2 is 1.83 bits per heavy atom. The molecule has 7 heteroatoms. The predicted octanol–water partition coefficient (Wildman–Crippen LogP) is 3.27. The van der Waals surface area contributed by atoms with Gasteiger partial charge in [0.1, 0.15) is 11.5 Å². The fourth-order valence-corrected chi connectivity index (χ4v) is 4.64. The molecular weight excluding hydrogens is 376 g/mol. The van der Waals surface area contributed by atoms with Crippen LogP contribution in [-0.2, 0) is 0 Å². The number of rotatable bonds is 4. The summed E-state index contributed by atoms with van der Waals surface area (Å²) in [6, 6.07) is 8.07. The number of aryl methyl sites for hydroxylation is 2. The van der Waals surface area contributed by atoms with Crippen molar-refractivity contribution in [3.8, 4) is 11.5 Å². The Morgan fingerprint density at radius 1 is 1.03 bits per heavy atom. The van der Waals surface area contributed by atoms with Crippen molar-refractivity contribution < 1.29 is 4.79 Å². The van der Waals surface area contributed by atoms with Crippen LogP contribution in [0.15, 0.2) is 49.1 Å². The minimum Gasteiger partial charge on any atom is -0.365 e. The summed E-state index contributed by atoms with van der Waals surface area (Å²) < 4.78 is 0. The maximum absolute atomic E-state index is 13.6. The number of aromatic nitrogens is 4. The first-order valence-electron chi connectivity index (χ1n) is 10.3. The zero-order chi connectivity index (χ0) is 20.7. The summed E-state index contributed by atoms with van der Waals surface area (Å²) in [5.74, 6) is 1.85. The van der Waals surface area contributed by atoms with E-state index in [2.05, 4.69) is 31.3 Å². The molecule has 3 aromatic rings. The SMILES string of the molecule is Cc1ccc(NC2CC3CC2N(C(=O)c2cc(C)cnc2-c2ncccn2)C3)nc1. The molecule has 2 fully saturated rings. The third-order valence-corrected chi connectivity index (χ3v) is 6.02. The first-order chi connectivity index (χ1) is 14.6. The Balaban J connectivity index is 1.42. The molecule has 1 saturated carbocycles. The second-order valence-corrected chi connectivity index (χ2v) is 8.32. The van der Waals surface area contributed by atoms with Gasteiger partial charge in [0.05, 0.1) is 11.6 Å². The first-order valence-corrected chi connectivity index (χ1v) is 10.3. The number of hydrogen-bond donors (Lipinski definition) is 1. The number of pyridine rings is 2. The van der Waals surface area contributed by atoms with Crippen LogP contribution in [0.2, 0.25) is 0 Å². The van der Waals surface area contributed by atoms with E-state index in [1.807, 2.05) is 37.1 Å². The molecule has 4 heterocycles. The first kappa shape index (κ1) is 18.7. The van der Waals surface area contributed by atoms with Crippen LogP contribution in [-0.4, -0.2) is 49.4 Å². The lowest BCUT2D eigenvalue weighted by molar-refractivity contribution is 0.0692. The summed E-state index contributed by atoms with van der Waals surface area (Å²) in [5.41, 5.74) is 3.19. The number of anilines is 1. The molecule has 3 aromatic heterocycles. The molecular formula is C23H24N6O. The predicted molar refractivity (Wildman–Crippen MR) is 114 cm³/mol. The van der Waals surface area contributed by atoms with Crippen LogP contribution in [0.4, 0.5) is 5.82 Å². The van der Waals surface area contributed by atoms with Gasteiger partial charge in [-0.2, -0.15) is 0 Å². The maximum atomic E-state index is 13.6. The average molecular weight is 400 g/mol. The van der Waals surface area contributed by atoms with E-state index in [0.717, 1.165) is 36.3 Å². The number of hydrogen-bond acceptors (Lipinski definition) is 6. The van der Waals surface area contributed by atoms with Crippen molar-refractivity contribution in [1.82, 2.24) is 24.8 Å². The smallest absolute Gasteiger partial charge is 0.256 e. The van der Waals surface area contributed by atoms with Gasteiger partial charge >= 0.3 is 0 Å². The average Bonchev–Trinajstić information content (AvgIpc) is 3.36. The molecule has 2 bridgehead atoms. The van der Waals surface area contributed by atoms with Gasteiger partial charge in [-0.3, -0.25) is 9.78 Å². The molecule has 152 valence electrons. The van der Waals surface area contributed by atoms with Crippen molar-refractivity contribution in [3.05, 3.63) is 65.7 Å². The molecule has 3 atom stereocenters. The lowest BCUT2D eigenvalue weighted by Crippen LogP contribution is -2.48. The molecule has 1 aliphatic heterocycles. The van der Waals surface area contributed by atoms with Crippen LogP contribution >= 0.6 is 0 Å². The van der Waals surface area contributed by atoms with Crippen molar-refractivity contribution in [2.75, 3.05) is 11.9 Å². The maximum Gasteiger partial charge on any atom is 0.256 e. The van der Waals surface area contributed by atoms with Gasteiger partial charge in [0.2, 0.25) is 0 Å². The molecule has 7 nitrogen and oxygen atoms in total. The van der Waals surface area contributed by atoms with Crippen LogP contribution < -0.4 is 5.32 Å². The number of fused-ring (bicyclic) bond motifs is 2. The van der Waals surface area contributed by atoms with E-state index in [9.17, 15) is 4.79 Å². The highest BCUT2D eigenvalue weighted by atomic mass is 16.2. The number of likely N-dealkylation sites (tertiary alicyclic amines) is 1. The van der Waals surface area contributed by atoms with E-state index >= 15 is 0 Å². The fourth-order valence-electron chi connectivity index (χ4n) is 4.64. The van der Waals surface area contributed by atoms with E-state index in [1.165, 1.54) is 0 Å². The summed E-state index contributed by atoms with van der Waals surface area (Å²) in [6.07, 6.45) is 9.04. The van der Waals surface area contributed by atoms with Gasteiger partial charge in [-0.1, -0.05) is 6.07 Å². The van der Waals surface area contributed by atoms with Crippen LogP contribution in [0.25, 0.3) is 11.5 Å². The second kappa shape index (κ2) is 7.48. The number of amides is 1. The van der Waals surface area contributed by atoms with Crippen LogP contribution in [0.3, 0.4) is 0 Å². The molecule has 0 spiro atoms. The summed E-state index contributed by atoms with van der Waals surface area (Å²) in [4.78, 5) is 33.2. The van der Waals surface area contributed by atoms with Gasteiger partial charge in [0.15, 0.2) is 5.82 Å². The Labute approximate surface area is 175 Å². The van der Waals surface area contributed by atoms with E-state index in [4.69, 9.17) is 0 Å². The van der Waals surface area contributed by atoms with Crippen LogP contribution in [0.5, 0.6) is 0 Å². The summed E-state index contributed by atoms with van der Waals surface area (Å²) in [7, 11) is 0. The molecule has 1 saturated heterocycles. The molecule has 0 aromatic carbocycles. The van der Waals surface area contributed by atoms with Gasteiger partial charge in [-0.25, -0.2) is 15.0 Å². The summed E-state index contributed by atoms with van der Waals surface area (Å²) in [6.45, 7) is 4.76. The quantitative estimate of drug-likeness (QED) is 0.724. The molecule has 1 aliphatic carbocycles. The third-order valence-electron chi connectivity index (χ3n) is 6.02. The molecule has 30 heavy (non-hydrogen) atoms. The lowest BCUT2D eigenvalue weighted by atomic mass is 10.0. The monoisotopic (exact) mass is 400 g/mol. The molecule has 0 radical (unpaired) electrons. The Morgan fingerprint density at radius 3 is 2.57 bits per heavy atom. The van der Waals surface area contributed by atoms with Gasteiger partial charge in [0, 0.05) is 37.4 Å².